The molecule has 14 heteroatoms. The first kappa shape index (κ1) is 37.2. The van der Waals surface area contributed by atoms with Crippen molar-refractivity contribution in [2.24, 2.45) is 0 Å². The van der Waals surface area contributed by atoms with Crippen molar-refractivity contribution in [3.05, 3.63) is 113 Å². The van der Waals surface area contributed by atoms with Crippen molar-refractivity contribution in [1.82, 2.24) is 25.1 Å². The number of para-hydroxylation sites is 1. The number of benzene rings is 4. The number of anilines is 1. The lowest BCUT2D eigenvalue weighted by Gasteiger charge is -2.19. The summed E-state index contributed by atoms with van der Waals surface area (Å²) in [6, 6.07) is 30.5. The topological polar surface area (TPSA) is 120 Å². The first-order valence-electron chi connectivity index (χ1n) is 16.4. The number of nitrogens with zero attached hydrogens (tertiary/aromatic N) is 4. The molecule has 0 aliphatic heterocycles. The lowest BCUT2D eigenvalue weighted by Crippen LogP contribution is -2.29. The summed E-state index contributed by atoms with van der Waals surface area (Å²) >= 11 is 10.0. The lowest BCUT2D eigenvalue weighted by molar-refractivity contribution is -0.118. The van der Waals surface area contributed by atoms with E-state index in [4.69, 9.17) is 21.1 Å². The molecule has 0 bridgehead atoms. The van der Waals surface area contributed by atoms with Gasteiger partial charge < -0.3 is 20.1 Å². The molecule has 0 atom stereocenters. The minimum atomic E-state index is -0.181. The summed E-state index contributed by atoms with van der Waals surface area (Å²) in [5.41, 5.74) is 3.62. The van der Waals surface area contributed by atoms with E-state index in [0.29, 0.717) is 40.6 Å². The van der Waals surface area contributed by atoms with E-state index in [0.717, 1.165) is 26.0 Å². The van der Waals surface area contributed by atoms with Gasteiger partial charge in [0, 0.05) is 16.4 Å². The van der Waals surface area contributed by atoms with Gasteiger partial charge in [0.25, 0.3) is 0 Å². The van der Waals surface area contributed by atoms with Crippen molar-refractivity contribution in [3.8, 4) is 17.2 Å². The molecular weight excluding hydrogens is 736 g/mol. The van der Waals surface area contributed by atoms with E-state index >= 15 is 0 Å². The Morgan fingerprint density at radius 1 is 0.846 bits per heavy atom. The van der Waals surface area contributed by atoms with Crippen LogP contribution in [0.1, 0.15) is 32.2 Å². The van der Waals surface area contributed by atoms with Crippen LogP contribution in [0.3, 0.4) is 0 Å². The van der Waals surface area contributed by atoms with Crippen LogP contribution in [0.25, 0.3) is 15.9 Å². The van der Waals surface area contributed by atoms with Crippen molar-refractivity contribution in [2.75, 3.05) is 30.0 Å². The van der Waals surface area contributed by atoms with Crippen molar-refractivity contribution < 1.29 is 19.1 Å². The molecule has 0 aliphatic carbocycles. The standard InChI is InChI=1S/C38H37ClN6O4S3/c1-38(2,3)25-9-14-30(15-10-25)49-22-33-43-44-36(45(33)28-7-5-4-6-8-28)50-24-35(47)41-27-13-18-31-32(21-27)52-37(42-31)51-23-34(46)40-19-20-48-29-16-11-26(39)12-17-29/h4-18,21H,19-20,22-24H2,1-3H3,(H,40,46)(H,41,47). The van der Waals surface area contributed by atoms with Crippen LogP contribution in [0.5, 0.6) is 11.5 Å². The molecule has 52 heavy (non-hydrogen) atoms. The Bertz CT molecular complexity index is 2120. The zero-order chi connectivity index (χ0) is 36.5. The third kappa shape index (κ3) is 10.3. The highest BCUT2D eigenvalue weighted by molar-refractivity contribution is 8.01. The molecule has 4 aromatic carbocycles. The molecule has 6 aromatic rings. The molecule has 6 rings (SSSR count). The van der Waals surface area contributed by atoms with Gasteiger partial charge in [0.05, 0.1) is 28.3 Å². The van der Waals surface area contributed by atoms with Crippen LogP contribution in [0, 0.1) is 0 Å². The minimum absolute atomic E-state index is 0.0546. The number of thiazole rings is 1. The van der Waals surface area contributed by atoms with E-state index in [-0.39, 0.29) is 35.3 Å². The van der Waals surface area contributed by atoms with Gasteiger partial charge in [-0.3, -0.25) is 14.2 Å². The molecular formula is C38H37ClN6O4S3. The van der Waals surface area contributed by atoms with Gasteiger partial charge >= 0.3 is 0 Å². The molecule has 2 amide bonds. The molecule has 2 heterocycles. The minimum Gasteiger partial charge on any atom is -0.492 e. The molecule has 10 nitrogen and oxygen atoms in total. The normalized spacial score (nSPS) is 11.4. The number of rotatable bonds is 15. The number of ether oxygens (including phenoxy) is 2. The van der Waals surface area contributed by atoms with Gasteiger partial charge in [-0.15, -0.1) is 21.5 Å². The summed E-state index contributed by atoms with van der Waals surface area (Å²) in [7, 11) is 0. The van der Waals surface area contributed by atoms with Crippen LogP contribution < -0.4 is 20.1 Å². The Hall–Kier alpha value is -4.56. The summed E-state index contributed by atoms with van der Waals surface area (Å²) in [4.78, 5) is 30.1. The SMILES string of the molecule is CC(C)(C)c1ccc(OCc2nnc(SCC(=O)Nc3ccc4nc(SCC(=O)NCCOc5ccc(Cl)cc5)sc4c3)n2-c2ccccc2)cc1. The zero-order valence-electron chi connectivity index (χ0n) is 28.8. The third-order valence-corrected chi connectivity index (χ3v) is 11.0. The number of carbonyl (C=O) groups excluding carboxylic acids is 2. The second kappa shape index (κ2) is 17.3. The second-order valence-electron chi connectivity index (χ2n) is 12.6. The number of hydrogen-bond donors (Lipinski definition) is 2. The van der Waals surface area contributed by atoms with Crippen LogP contribution in [-0.4, -0.2) is 56.2 Å². The number of fused-ring (bicyclic) bond motifs is 1. The smallest absolute Gasteiger partial charge is 0.234 e. The number of hydrogen-bond acceptors (Lipinski definition) is 10. The average Bonchev–Trinajstić information content (AvgIpc) is 3.75. The van der Waals surface area contributed by atoms with Crippen LogP contribution in [0.4, 0.5) is 5.69 Å². The molecule has 0 saturated heterocycles. The Morgan fingerprint density at radius 3 is 2.31 bits per heavy atom. The maximum absolute atomic E-state index is 13.1. The molecule has 0 saturated carbocycles. The van der Waals surface area contributed by atoms with Crippen LogP contribution in [0.15, 0.2) is 107 Å². The summed E-state index contributed by atoms with van der Waals surface area (Å²) in [6.07, 6.45) is 0. The van der Waals surface area contributed by atoms with Gasteiger partial charge in [0.1, 0.15) is 24.7 Å². The maximum atomic E-state index is 13.1. The van der Waals surface area contributed by atoms with Crippen molar-refractivity contribution in [1.29, 1.82) is 0 Å². The van der Waals surface area contributed by atoms with E-state index < -0.39 is 0 Å². The molecule has 0 fully saturated rings. The van der Waals surface area contributed by atoms with E-state index in [1.807, 2.05) is 65.2 Å². The van der Waals surface area contributed by atoms with Gasteiger partial charge in [-0.1, -0.05) is 86.2 Å². The van der Waals surface area contributed by atoms with Gasteiger partial charge in [-0.05, 0) is 77.7 Å². The van der Waals surface area contributed by atoms with Crippen molar-refractivity contribution in [2.45, 2.75) is 42.3 Å². The summed E-state index contributed by atoms with van der Waals surface area (Å²) < 4.78 is 15.3. The fourth-order valence-electron chi connectivity index (χ4n) is 4.96. The highest BCUT2D eigenvalue weighted by atomic mass is 35.5. The Kier molecular flexibility index (Phi) is 12.4. The third-order valence-electron chi connectivity index (χ3n) is 7.62. The highest BCUT2D eigenvalue weighted by Gasteiger charge is 2.18. The fraction of sp³-hybridized carbons (Fsp3) is 0.237. The molecule has 2 N–H and O–H groups in total. The molecule has 0 aliphatic rings. The largest absolute Gasteiger partial charge is 0.492 e. The van der Waals surface area contributed by atoms with Crippen molar-refractivity contribution in [3.63, 3.8) is 0 Å². The quantitative estimate of drug-likeness (QED) is 0.0783. The number of aromatic nitrogens is 4. The lowest BCUT2D eigenvalue weighted by atomic mass is 9.87. The van der Waals surface area contributed by atoms with Crippen LogP contribution in [0.2, 0.25) is 5.02 Å². The first-order valence-corrected chi connectivity index (χ1v) is 19.6. The Labute approximate surface area is 319 Å². The number of thioether (sulfide) groups is 2. The summed E-state index contributed by atoms with van der Waals surface area (Å²) in [5, 5.41) is 15.9. The van der Waals surface area contributed by atoms with E-state index in [1.165, 1.54) is 40.4 Å². The summed E-state index contributed by atoms with van der Waals surface area (Å²) in [5.74, 6) is 2.13. The predicted molar refractivity (Wildman–Crippen MR) is 210 cm³/mol. The molecule has 0 unspecified atom stereocenters. The maximum Gasteiger partial charge on any atom is 0.234 e. The van der Waals surface area contributed by atoms with Gasteiger partial charge in [-0.2, -0.15) is 0 Å². The number of amides is 2. The average molecular weight is 773 g/mol. The van der Waals surface area contributed by atoms with E-state index in [1.54, 1.807) is 24.3 Å². The van der Waals surface area contributed by atoms with E-state index in [9.17, 15) is 9.59 Å². The van der Waals surface area contributed by atoms with Crippen molar-refractivity contribution >= 4 is 74.2 Å². The van der Waals surface area contributed by atoms with Gasteiger partial charge in [0.2, 0.25) is 11.8 Å². The molecule has 0 spiro atoms. The predicted octanol–water partition coefficient (Wildman–Crippen LogP) is 8.43. The highest BCUT2D eigenvalue weighted by Crippen LogP contribution is 2.32. The zero-order valence-corrected chi connectivity index (χ0v) is 32.0. The number of carbonyl (C=O) groups is 2. The monoisotopic (exact) mass is 772 g/mol. The van der Waals surface area contributed by atoms with Crippen LogP contribution in [-0.2, 0) is 21.6 Å². The van der Waals surface area contributed by atoms with Gasteiger partial charge in [-0.25, -0.2) is 4.98 Å². The first-order chi connectivity index (χ1) is 25.1. The summed E-state index contributed by atoms with van der Waals surface area (Å²) in [6.45, 7) is 7.48. The van der Waals surface area contributed by atoms with Gasteiger partial charge in [0.15, 0.2) is 15.3 Å². The number of halogens is 1. The fourth-order valence-corrected chi connectivity index (χ4v) is 7.80. The Balaban J connectivity index is 1.00. The van der Waals surface area contributed by atoms with Crippen LogP contribution >= 0.6 is 46.5 Å². The molecule has 2 aromatic heterocycles. The second-order valence-corrected chi connectivity index (χ2v) is 16.2. The Morgan fingerprint density at radius 2 is 1.56 bits per heavy atom. The van der Waals surface area contributed by atoms with E-state index in [2.05, 4.69) is 58.7 Å². The number of nitrogens with one attached hydrogen (secondary N) is 2. The molecule has 268 valence electrons. The molecule has 0 radical (unpaired) electrons.